The first kappa shape index (κ1) is 51.8. The lowest BCUT2D eigenvalue weighted by Gasteiger charge is -2.35. The van der Waals surface area contributed by atoms with Crippen LogP contribution >= 0.6 is 34.3 Å². The van der Waals surface area contributed by atoms with E-state index in [-0.39, 0.29) is 49.5 Å². The maximum absolute atomic E-state index is 14.2. The molecule has 1 unspecified atom stereocenters. The Kier molecular flexibility index (Phi) is 15.6. The van der Waals surface area contributed by atoms with Gasteiger partial charge in [0, 0.05) is 40.1 Å². The molecule has 4 aromatic heterocycles. The zero-order valence-electron chi connectivity index (χ0n) is 41.6. The van der Waals surface area contributed by atoms with Crippen LogP contribution in [0.4, 0.5) is 0 Å². The number of ether oxygens (including phenoxy) is 2. The molecule has 20 heteroatoms. The van der Waals surface area contributed by atoms with Crippen LogP contribution in [-0.2, 0) is 19.2 Å². The fourth-order valence-electron chi connectivity index (χ4n) is 8.77. The smallest absolute Gasteiger partial charge is 0.258 e. The van der Waals surface area contributed by atoms with E-state index in [0.29, 0.717) is 16.7 Å². The number of fused-ring (bicyclic) bond motifs is 3. The molecule has 4 amide bonds. The van der Waals surface area contributed by atoms with Crippen LogP contribution < -0.4 is 25.4 Å². The van der Waals surface area contributed by atoms with E-state index in [1.54, 1.807) is 41.7 Å². The minimum absolute atomic E-state index is 0.0153. The van der Waals surface area contributed by atoms with Gasteiger partial charge in [-0.25, -0.2) is 9.97 Å². The Bertz CT molecular complexity index is 2980. The van der Waals surface area contributed by atoms with E-state index in [0.717, 1.165) is 54.0 Å². The summed E-state index contributed by atoms with van der Waals surface area (Å²) in [6.07, 6.45) is 0.104. The number of thiazole rings is 1. The van der Waals surface area contributed by atoms with Crippen LogP contribution in [-0.4, -0.2) is 108 Å². The summed E-state index contributed by atoms with van der Waals surface area (Å²) in [5.41, 5.74) is 7.63. The van der Waals surface area contributed by atoms with E-state index in [1.807, 2.05) is 100 Å². The van der Waals surface area contributed by atoms with Crippen molar-refractivity contribution in [3.05, 3.63) is 122 Å². The number of hydrogen-bond acceptors (Lipinski definition) is 14. The van der Waals surface area contributed by atoms with Gasteiger partial charge in [-0.15, -0.1) is 32.9 Å². The molecule has 0 radical (unpaired) electrons. The van der Waals surface area contributed by atoms with Gasteiger partial charge in [0.2, 0.25) is 23.6 Å². The van der Waals surface area contributed by atoms with Crippen molar-refractivity contribution >= 4 is 63.6 Å². The second-order valence-electron chi connectivity index (χ2n) is 19.3. The number of aromatic nitrogens is 5. The van der Waals surface area contributed by atoms with Gasteiger partial charge in [0.25, 0.3) is 5.91 Å². The summed E-state index contributed by atoms with van der Waals surface area (Å²) in [4.78, 5) is 72.3. The number of aliphatic hydroxyl groups is 1. The number of carbonyl (C=O) groups excluding carboxylic acids is 4. The van der Waals surface area contributed by atoms with Gasteiger partial charge in [-0.3, -0.25) is 28.7 Å². The summed E-state index contributed by atoms with van der Waals surface area (Å²) < 4.78 is 13.8. The SMILES string of the molecule is Cc1ncsc1-c1ccc([C@H](C)NC(=O)[C@@H]2C[C@@H](O)CN2C(=O)[C@@H](NC(=O)COc2ccc(O[C@@H](C)CNC(=O)CC3N=C(c4ccc(Cl)cc4)c4c(sc(C)c4C)-n4c(C)nnc43)nc2)C(C)(C)C)cc1. The van der Waals surface area contributed by atoms with Crippen LogP contribution in [0, 0.1) is 33.1 Å². The van der Waals surface area contributed by atoms with Gasteiger partial charge in [-0.1, -0.05) is 68.8 Å². The molecule has 2 aliphatic rings. The summed E-state index contributed by atoms with van der Waals surface area (Å²) >= 11 is 9.46. The molecule has 6 aromatic rings. The van der Waals surface area contributed by atoms with Gasteiger partial charge in [-0.2, -0.15) is 0 Å². The Morgan fingerprint density at radius 3 is 2.31 bits per heavy atom. The Labute approximate surface area is 431 Å². The quantitative estimate of drug-likeness (QED) is 0.0752. The van der Waals surface area contributed by atoms with Gasteiger partial charge in [0.1, 0.15) is 40.8 Å². The van der Waals surface area contributed by atoms with Crippen molar-refractivity contribution < 1.29 is 33.8 Å². The molecule has 6 atom stereocenters. The summed E-state index contributed by atoms with van der Waals surface area (Å²) in [7, 11) is 0. The van der Waals surface area contributed by atoms with E-state index < -0.39 is 60.1 Å². The van der Waals surface area contributed by atoms with E-state index in [9.17, 15) is 24.3 Å². The number of carbonyl (C=O) groups is 4. The molecule has 17 nitrogen and oxygen atoms in total. The molecule has 378 valence electrons. The fraction of sp³-hybridized carbons (Fsp3) is 0.404. The number of halogens is 1. The summed E-state index contributed by atoms with van der Waals surface area (Å²) in [5.74, 6) is 0.135. The molecule has 8 rings (SSSR count). The number of hydrogen-bond donors (Lipinski definition) is 4. The number of aliphatic imine (C=N–C) groups is 1. The van der Waals surface area contributed by atoms with Gasteiger partial charge in [0.05, 0.1) is 53.1 Å². The molecule has 0 spiro atoms. The number of amides is 4. The molecule has 1 fully saturated rings. The molecule has 0 bridgehead atoms. The normalized spacial score (nSPS) is 17.7. The minimum atomic E-state index is -1.04. The van der Waals surface area contributed by atoms with Crippen LogP contribution in [0.3, 0.4) is 0 Å². The largest absolute Gasteiger partial charge is 0.482 e. The van der Waals surface area contributed by atoms with Crippen molar-refractivity contribution in [3.8, 4) is 27.1 Å². The number of nitrogens with one attached hydrogen (secondary N) is 3. The van der Waals surface area contributed by atoms with Crippen LogP contribution in [0.25, 0.3) is 15.4 Å². The topological polar surface area (TPSA) is 215 Å². The molecule has 6 heterocycles. The van der Waals surface area contributed by atoms with E-state index in [4.69, 9.17) is 26.1 Å². The Balaban J connectivity index is 0.828. The molecule has 0 aliphatic carbocycles. The molecular weight excluding hydrogens is 976 g/mol. The highest BCUT2D eigenvalue weighted by Gasteiger charge is 2.45. The first-order valence-electron chi connectivity index (χ1n) is 23.7. The summed E-state index contributed by atoms with van der Waals surface area (Å²) in [5, 5.41) is 29.9. The number of thiophene rings is 1. The second-order valence-corrected chi connectivity index (χ2v) is 21.8. The number of pyridine rings is 1. The fourth-order valence-corrected chi connectivity index (χ4v) is 10.9. The zero-order valence-corrected chi connectivity index (χ0v) is 44.0. The number of benzene rings is 2. The second kappa shape index (κ2) is 21.7. The Morgan fingerprint density at radius 2 is 1.64 bits per heavy atom. The van der Waals surface area contributed by atoms with E-state index >= 15 is 0 Å². The standard InChI is InChI=1S/C52H59ClN10O7S2/c1-27(22-54-41(65)21-39-48-61-60-32(6)63(48)51-44(28(2)31(5)72-51)45(58-39)34-14-16-36(53)17-15-34)70-43-19-18-38(23-55-43)69-25-42(66)59-47(52(7,8)9)50(68)62-24-37(64)20-40(62)49(67)57-29(3)33-10-12-35(13-11-33)46-30(4)56-26-71-46/h10-19,23,26-27,29,37,39-40,47,64H,20-22,24-25H2,1-9H3,(H,54,65)(H,57,67)(H,59,66)/t27-,29-,37+,39?,40-,47+/m0/s1. The first-order chi connectivity index (χ1) is 34.2. The number of likely N-dealkylation sites (tertiary alicyclic amines) is 1. The highest BCUT2D eigenvalue weighted by Crippen LogP contribution is 2.40. The van der Waals surface area contributed by atoms with E-state index in [1.165, 1.54) is 11.1 Å². The maximum atomic E-state index is 14.2. The Morgan fingerprint density at radius 1 is 0.917 bits per heavy atom. The predicted molar refractivity (Wildman–Crippen MR) is 277 cm³/mol. The molecule has 1 saturated heterocycles. The van der Waals surface area contributed by atoms with Crippen molar-refractivity contribution in [2.45, 2.75) is 112 Å². The van der Waals surface area contributed by atoms with E-state index in [2.05, 4.69) is 50.0 Å². The van der Waals surface area contributed by atoms with Gasteiger partial charge in [-0.05, 0) is 81.8 Å². The van der Waals surface area contributed by atoms with Crippen LogP contribution in [0.2, 0.25) is 5.02 Å². The van der Waals surface area contributed by atoms with Crippen molar-refractivity contribution in [1.82, 2.24) is 45.6 Å². The third-order valence-electron chi connectivity index (χ3n) is 12.8. The molecule has 2 aliphatic heterocycles. The molecular formula is C52H59ClN10O7S2. The first-order valence-corrected chi connectivity index (χ1v) is 25.8. The summed E-state index contributed by atoms with van der Waals surface area (Å²) in [6, 6.07) is 15.6. The van der Waals surface area contributed by atoms with Crippen molar-refractivity contribution in [2.24, 2.45) is 10.4 Å². The Hall–Kier alpha value is -6.54. The maximum Gasteiger partial charge on any atom is 0.258 e. The number of nitrogens with zero attached hydrogens (tertiary/aromatic N) is 7. The van der Waals surface area contributed by atoms with Crippen LogP contribution in [0.1, 0.15) is 104 Å². The predicted octanol–water partition coefficient (Wildman–Crippen LogP) is 7.35. The minimum Gasteiger partial charge on any atom is -0.482 e. The van der Waals surface area contributed by atoms with Gasteiger partial charge in [0.15, 0.2) is 12.4 Å². The number of aryl methyl sites for hydroxylation is 3. The lowest BCUT2D eigenvalue weighted by Crippen LogP contribution is -2.58. The molecule has 72 heavy (non-hydrogen) atoms. The summed E-state index contributed by atoms with van der Waals surface area (Å²) in [6.45, 7) is 16.8. The van der Waals surface area contributed by atoms with Crippen LogP contribution in [0.5, 0.6) is 11.6 Å². The van der Waals surface area contributed by atoms with Gasteiger partial charge < -0.3 is 35.4 Å². The lowest BCUT2D eigenvalue weighted by atomic mass is 9.85. The highest BCUT2D eigenvalue weighted by atomic mass is 35.5. The van der Waals surface area contributed by atoms with Gasteiger partial charge >= 0.3 is 0 Å². The lowest BCUT2D eigenvalue weighted by molar-refractivity contribution is -0.144. The highest BCUT2D eigenvalue weighted by molar-refractivity contribution is 7.15. The number of aliphatic hydroxyl groups excluding tert-OH is 1. The third-order valence-corrected chi connectivity index (χ3v) is 15.2. The molecule has 0 saturated carbocycles. The number of β-amino-alcohol motifs (C(OH)–C–C–N with tert-alkyl or cyclic N) is 1. The monoisotopic (exact) mass is 1030 g/mol. The molecule has 4 N–H and O–H groups in total. The average Bonchev–Trinajstić information content (AvgIpc) is 4.11. The third kappa shape index (κ3) is 11.5. The van der Waals surface area contributed by atoms with Crippen molar-refractivity contribution in [3.63, 3.8) is 0 Å². The van der Waals surface area contributed by atoms with Crippen molar-refractivity contribution in [1.29, 1.82) is 0 Å². The zero-order chi connectivity index (χ0) is 51.6. The molecule has 2 aromatic carbocycles. The van der Waals surface area contributed by atoms with Crippen LogP contribution in [0.15, 0.2) is 77.4 Å². The number of rotatable bonds is 16. The average molecular weight is 1040 g/mol. The van der Waals surface area contributed by atoms with Crippen molar-refractivity contribution in [2.75, 3.05) is 19.7 Å².